The van der Waals surface area contributed by atoms with E-state index in [1.165, 1.54) is 0 Å². The first kappa shape index (κ1) is 15.2. The molecule has 1 heterocycles. The lowest BCUT2D eigenvalue weighted by atomic mass is 10.2. The first-order chi connectivity index (χ1) is 8.01. The van der Waals surface area contributed by atoms with Crippen LogP contribution in [0.3, 0.4) is 0 Å². The van der Waals surface area contributed by atoms with E-state index in [9.17, 15) is 13.2 Å². The summed E-state index contributed by atoms with van der Waals surface area (Å²) in [6.07, 6.45) is -3.39. The molecule has 2 nitrogen and oxygen atoms in total. The molecule has 0 aromatic heterocycles. The Morgan fingerprint density at radius 2 is 1.53 bits per heavy atom. The van der Waals surface area contributed by atoms with Crippen molar-refractivity contribution in [2.45, 2.75) is 25.4 Å². The van der Waals surface area contributed by atoms with Crippen molar-refractivity contribution in [1.29, 1.82) is 0 Å². The molecule has 0 aliphatic carbocycles. The summed E-state index contributed by atoms with van der Waals surface area (Å²) in [6.45, 7) is 5.44. The van der Waals surface area contributed by atoms with Gasteiger partial charge in [-0.2, -0.15) is 13.2 Å². The Balaban J connectivity index is 2.18. The molecule has 0 aromatic carbocycles. The van der Waals surface area contributed by atoms with Crippen LogP contribution in [0.2, 0.25) is 0 Å². The number of halogens is 4. The summed E-state index contributed by atoms with van der Waals surface area (Å²) >= 11 is 3.41. The molecule has 102 valence electrons. The van der Waals surface area contributed by atoms with E-state index in [2.05, 4.69) is 25.7 Å². The largest absolute Gasteiger partial charge is 0.389 e. The molecule has 1 rings (SSSR count). The van der Waals surface area contributed by atoms with Gasteiger partial charge in [0.15, 0.2) is 0 Å². The first-order valence-electron chi connectivity index (χ1n) is 6.09. The number of hydrogen-bond acceptors (Lipinski definition) is 2. The predicted octanol–water partition coefficient (Wildman–Crippen LogP) is 2.73. The fourth-order valence-corrected chi connectivity index (χ4v) is 2.60. The zero-order valence-electron chi connectivity index (χ0n) is 9.98. The highest BCUT2D eigenvalue weighted by molar-refractivity contribution is 9.09. The molecule has 0 spiro atoms. The van der Waals surface area contributed by atoms with Gasteiger partial charge in [0, 0.05) is 31.4 Å². The van der Waals surface area contributed by atoms with Gasteiger partial charge in [-0.1, -0.05) is 15.9 Å². The maximum absolute atomic E-state index is 12.0. The Hall–Kier alpha value is 0.190. The standard InChI is InChI=1S/C11H20BrF3N2/c12-4-8-17-7-2-6-16(9-10-17)5-1-3-11(13,14)15/h1-10H2. The molecule has 0 atom stereocenters. The molecule has 1 saturated heterocycles. The van der Waals surface area contributed by atoms with E-state index in [0.29, 0.717) is 6.54 Å². The second-order valence-corrected chi connectivity index (χ2v) is 5.24. The van der Waals surface area contributed by atoms with Crippen molar-refractivity contribution in [1.82, 2.24) is 9.80 Å². The summed E-state index contributed by atoms with van der Waals surface area (Å²) in [5.41, 5.74) is 0. The second kappa shape index (κ2) is 7.59. The van der Waals surface area contributed by atoms with Gasteiger partial charge < -0.3 is 9.80 Å². The molecule has 0 N–H and O–H groups in total. The molecule has 0 unspecified atom stereocenters. The van der Waals surface area contributed by atoms with Crippen LogP contribution in [-0.4, -0.2) is 60.6 Å². The first-order valence-corrected chi connectivity index (χ1v) is 7.21. The van der Waals surface area contributed by atoms with Crippen LogP contribution in [-0.2, 0) is 0 Å². The third-order valence-electron chi connectivity index (χ3n) is 3.02. The van der Waals surface area contributed by atoms with Gasteiger partial charge in [0.2, 0.25) is 0 Å². The van der Waals surface area contributed by atoms with Crippen molar-refractivity contribution in [3.63, 3.8) is 0 Å². The zero-order valence-corrected chi connectivity index (χ0v) is 11.6. The molecule has 0 amide bonds. The van der Waals surface area contributed by atoms with Gasteiger partial charge in [0.1, 0.15) is 0 Å². The van der Waals surface area contributed by atoms with Crippen LogP contribution in [0.15, 0.2) is 0 Å². The molecule has 1 aliphatic heterocycles. The summed E-state index contributed by atoms with van der Waals surface area (Å²) in [5.74, 6) is 0. The number of hydrogen-bond donors (Lipinski definition) is 0. The molecular formula is C11H20BrF3N2. The summed E-state index contributed by atoms with van der Waals surface area (Å²) in [7, 11) is 0. The lowest BCUT2D eigenvalue weighted by Gasteiger charge is -2.21. The predicted molar refractivity (Wildman–Crippen MR) is 66.6 cm³/mol. The molecule has 0 saturated carbocycles. The molecule has 1 fully saturated rings. The van der Waals surface area contributed by atoms with Gasteiger partial charge in [-0.25, -0.2) is 0 Å². The molecule has 0 radical (unpaired) electrons. The van der Waals surface area contributed by atoms with Gasteiger partial charge in [-0.3, -0.25) is 0 Å². The van der Waals surface area contributed by atoms with Gasteiger partial charge >= 0.3 is 6.18 Å². The fourth-order valence-electron chi connectivity index (χ4n) is 2.09. The Morgan fingerprint density at radius 1 is 0.941 bits per heavy atom. The van der Waals surface area contributed by atoms with Crippen molar-refractivity contribution in [2.24, 2.45) is 0 Å². The van der Waals surface area contributed by atoms with Crippen LogP contribution in [0.25, 0.3) is 0 Å². The molecule has 17 heavy (non-hydrogen) atoms. The minimum absolute atomic E-state index is 0.224. The van der Waals surface area contributed by atoms with Crippen molar-refractivity contribution < 1.29 is 13.2 Å². The average Bonchev–Trinajstić information content (AvgIpc) is 2.43. The Bertz CT molecular complexity index is 211. The van der Waals surface area contributed by atoms with Crippen LogP contribution < -0.4 is 0 Å². The number of nitrogens with zero attached hydrogens (tertiary/aromatic N) is 2. The fraction of sp³-hybridized carbons (Fsp3) is 1.00. The van der Waals surface area contributed by atoms with E-state index in [-0.39, 0.29) is 6.42 Å². The molecule has 1 aliphatic rings. The maximum Gasteiger partial charge on any atom is 0.389 e. The van der Waals surface area contributed by atoms with Gasteiger partial charge in [0.25, 0.3) is 0 Å². The number of alkyl halides is 4. The second-order valence-electron chi connectivity index (χ2n) is 4.44. The Labute approximate surface area is 109 Å². The van der Waals surface area contributed by atoms with E-state index in [0.717, 1.165) is 44.5 Å². The topological polar surface area (TPSA) is 6.48 Å². The summed E-state index contributed by atoms with van der Waals surface area (Å²) in [4.78, 5) is 4.51. The average molecular weight is 317 g/mol. The highest BCUT2D eigenvalue weighted by Crippen LogP contribution is 2.21. The Morgan fingerprint density at radius 3 is 2.06 bits per heavy atom. The van der Waals surface area contributed by atoms with Crippen LogP contribution in [0.5, 0.6) is 0 Å². The smallest absolute Gasteiger partial charge is 0.302 e. The van der Waals surface area contributed by atoms with Crippen LogP contribution in [0.4, 0.5) is 13.2 Å². The van der Waals surface area contributed by atoms with E-state index < -0.39 is 12.6 Å². The van der Waals surface area contributed by atoms with E-state index >= 15 is 0 Å². The third kappa shape index (κ3) is 7.26. The van der Waals surface area contributed by atoms with Crippen LogP contribution in [0, 0.1) is 0 Å². The molecular weight excluding hydrogens is 297 g/mol. The van der Waals surface area contributed by atoms with E-state index in [1.54, 1.807) is 0 Å². The molecule has 6 heteroatoms. The van der Waals surface area contributed by atoms with E-state index in [4.69, 9.17) is 0 Å². The van der Waals surface area contributed by atoms with Gasteiger partial charge in [-0.05, 0) is 32.5 Å². The van der Waals surface area contributed by atoms with Crippen molar-refractivity contribution in [3.05, 3.63) is 0 Å². The number of rotatable bonds is 5. The van der Waals surface area contributed by atoms with Gasteiger partial charge in [0.05, 0.1) is 0 Å². The normalized spacial score (nSPS) is 20.5. The highest BCUT2D eigenvalue weighted by atomic mass is 79.9. The van der Waals surface area contributed by atoms with Gasteiger partial charge in [-0.15, -0.1) is 0 Å². The van der Waals surface area contributed by atoms with Crippen LogP contribution in [0.1, 0.15) is 19.3 Å². The monoisotopic (exact) mass is 316 g/mol. The quantitative estimate of drug-likeness (QED) is 0.720. The van der Waals surface area contributed by atoms with Crippen molar-refractivity contribution >= 4 is 15.9 Å². The maximum atomic E-state index is 12.0. The lowest BCUT2D eigenvalue weighted by molar-refractivity contribution is -0.136. The third-order valence-corrected chi connectivity index (χ3v) is 3.37. The minimum atomic E-state index is -4.01. The van der Waals surface area contributed by atoms with Crippen molar-refractivity contribution in [2.75, 3.05) is 44.6 Å². The van der Waals surface area contributed by atoms with Crippen LogP contribution >= 0.6 is 15.9 Å². The summed E-state index contributed by atoms with van der Waals surface area (Å²) in [6, 6.07) is 0. The summed E-state index contributed by atoms with van der Waals surface area (Å²) < 4.78 is 36.1. The minimum Gasteiger partial charge on any atom is -0.302 e. The molecule has 0 bridgehead atoms. The lowest BCUT2D eigenvalue weighted by Crippen LogP contribution is -2.32. The highest BCUT2D eigenvalue weighted by Gasteiger charge is 2.26. The molecule has 0 aromatic rings. The SMILES string of the molecule is FC(F)(F)CCCN1CCCN(CCBr)CC1. The Kier molecular flexibility index (Phi) is 6.80. The summed E-state index contributed by atoms with van der Waals surface area (Å²) in [5, 5.41) is 0.959. The van der Waals surface area contributed by atoms with E-state index in [1.807, 2.05) is 0 Å². The van der Waals surface area contributed by atoms with Crippen molar-refractivity contribution in [3.8, 4) is 0 Å². The zero-order chi connectivity index (χ0) is 12.7.